The van der Waals surface area contributed by atoms with Gasteiger partial charge in [-0.25, -0.2) is 0 Å². The summed E-state index contributed by atoms with van der Waals surface area (Å²) in [6.07, 6.45) is 17.6. The van der Waals surface area contributed by atoms with Gasteiger partial charge in [0, 0.05) is 34.8 Å². The van der Waals surface area contributed by atoms with Crippen molar-refractivity contribution in [3.8, 4) is 0 Å². The number of dihydropyridines is 1. The van der Waals surface area contributed by atoms with Gasteiger partial charge in [-0.2, -0.15) is 0 Å². The summed E-state index contributed by atoms with van der Waals surface area (Å²) in [5, 5.41) is 13.1. The van der Waals surface area contributed by atoms with Crippen LogP contribution in [0, 0.1) is 5.92 Å². The molecule has 3 aliphatic carbocycles. The monoisotopic (exact) mass is 680 g/mol. The van der Waals surface area contributed by atoms with Crippen molar-refractivity contribution in [1.29, 1.82) is 0 Å². The van der Waals surface area contributed by atoms with Crippen molar-refractivity contribution in [3.05, 3.63) is 224 Å². The highest BCUT2D eigenvalue weighted by atomic mass is 14.9. The van der Waals surface area contributed by atoms with Gasteiger partial charge < -0.3 is 10.6 Å². The Labute approximate surface area is 310 Å². The van der Waals surface area contributed by atoms with Crippen molar-refractivity contribution in [3.63, 3.8) is 0 Å². The van der Waals surface area contributed by atoms with E-state index in [1.807, 2.05) is 0 Å². The Kier molecular flexibility index (Phi) is 7.87. The Bertz CT molecular complexity index is 2710. The smallest absolute Gasteiger partial charge is 0.0704 e. The molecule has 1 heterocycles. The lowest BCUT2D eigenvalue weighted by Crippen LogP contribution is -2.35. The third-order valence-corrected chi connectivity index (χ3v) is 11.4. The number of hydrogen-bond donors (Lipinski definition) is 2. The Balaban J connectivity index is 0.968. The summed E-state index contributed by atoms with van der Waals surface area (Å²) in [4.78, 5) is 0. The molecule has 2 heteroatoms. The first-order valence-electron chi connectivity index (χ1n) is 18.8. The summed E-state index contributed by atoms with van der Waals surface area (Å²) in [7, 11) is 0. The van der Waals surface area contributed by atoms with Crippen LogP contribution in [0.15, 0.2) is 176 Å². The Hall–Kier alpha value is -6.38. The molecular weight excluding hydrogens is 641 g/mol. The van der Waals surface area contributed by atoms with Gasteiger partial charge in [-0.15, -0.1) is 0 Å². The largest absolute Gasteiger partial charge is 0.377 e. The van der Waals surface area contributed by atoms with Gasteiger partial charge in [-0.1, -0.05) is 164 Å². The number of hydrogen-bond acceptors (Lipinski definition) is 2. The lowest BCUT2D eigenvalue weighted by molar-refractivity contribution is 0.631. The summed E-state index contributed by atoms with van der Waals surface area (Å²) < 4.78 is 0. The first-order valence-corrected chi connectivity index (χ1v) is 18.8. The Morgan fingerprint density at radius 2 is 1.28 bits per heavy atom. The fourth-order valence-corrected chi connectivity index (χ4v) is 8.80. The van der Waals surface area contributed by atoms with Crippen LogP contribution in [0.4, 0.5) is 11.4 Å². The van der Waals surface area contributed by atoms with Gasteiger partial charge in [0.05, 0.1) is 6.04 Å². The molecule has 6 aromatic rings. The second kappa shape index (κ2) is 13.3. The van der Waals surface area contributed by atoms with E-state index in [9.17, 15) is 0 Å². The molecule has 4 unspecified atom stereocenters. The minimum atomic E-state index is 0.0578. The molecule has 53 heavy (non-hydrogen) atoms. The molecule has 0 fully saturated rings. The molecule has 4 atom stereocenters. The average Bonchev–Trinajstić information content (AvgIpc) is 3.23. The van der Waals surface area contributed by atoms with E-state index in [-0.39, 0.29) is 17.9 Å². The van der Waals surface area contributed by atoms with Crippen molar-refractivity contribution in [2.45, 2.75) is 24.3 Å². The van der Waals surface area contributed by atoms with Crippen LogP contribution in [0.25, 0.3) is 35.5 Å². The molecule has 4 aliphatic rings. The molecule has 2 N–H and O–H groups in total. The normalized spacial score (nSPS) is 20.7. The van der Waals surface area contributed by atoms with E-state index in [1.165, 1.54) is 65.5 Å². The molecule has 0 aromatic heterocycles. The van der Waals surface area contributed by atoms with E-state index in [2.05, 4.69) is 205 Å². The van der Waals surface area contributed by atoms with Crippen LogP contribution in [0.5, 0.6) is 0 Å². The van der Waals surface area contributed by atoms with Gasteiger partial charge in [0.15, 0.2) is 0 Å². The molecule has 254 valence electrons. The first kappa shape index (κ1) is 31.4. The van der Waals surface area contributed by atoms with Crippen molar-refractivity contribution in [1.82, 2.24) is 5.32 Å². The van der Waals surface area contributed by atoms with E-state index in [1.54, 1.807) is 0 Å². The average molecular weight is 681 g/mol. The molecule has 0 saturated carbocycles. The number of nitrogens with one attached hydrogen (secondary N) is 2. The topological polar surface area (TPSA) is 24.1 Å². The van der Waals surface area contributed by atoms with Crippen LogP contribution in [0.2, 0.25) is 0 Å². The number of benzene rings is 6. The second-order valence-corrected chi connectivity index (χ2v) is 14.6. The van der Waals surface area contributed by atoms with Crippen LogP contribution >= 0.6 is 0 Å². The number of para-hydroxylation sites is 1. The van der Waals surface area contributed by atoms with E-state index in [0.29, 0.717) is 5.92 Å². The highest BCUT2D eigenvalue weighted by molar-refractivity contribution is 5.83. The number of fused-ring (bicyclic) bond motifs is 5. The highest BCUT2D eigenvalue weighted by Crippen LogP contribution is 2.47. The van der Waals surface area contributed by atoms with Crippen LogP contribution in [0.1, 0.15) is 52.1 Å². The molecule has 0 saturated heterocycles. The third-order valence-electron chi connectivity index (χ3n) is 11.4. The molecule has 0 bridgehead atoms. The van der Waals surface area contributed by atoms with Crippen molar-refractivity contribution in [2.24, 2.45) is 5.92 Å². The number of rotatable bonds is 6. The molecule has 0 amide bonds. The van der Waals surface area contributed by atoms with Gasteiger partial charge >= 0.3 is 0 Å². The van der Waals surface area contributed by atoms with Crippen molar-refractivity contribution < 1.29 is 0 Å². The minimum absolute atomic E-state index is 0.0578. The van der Waals surface area contributed by atoms with Crippen LogP contribution in [-0.4, -0.2) is 0 Å². The predicted octanol–water partition coefficient (Wildman–Crippen LogP) is 8.86. The number of anilines is 2. The summed E-state index contributed by atoms with van der Waals surface area (Å²) in [5.41, 5.74) is 12.6. The SMILES string of the molecule is C1=Cc2ccccc2C2C1=c1ccccc1=CC2c1ccccc1Nc1ccc(C2C=C(c3ccccc3)C=C(C3C=c4ccccc4=CC3)N2)cc1. The molecule has 0 spiro atoms. The Morgan fingerprint density at radius 3 is 2.15 bits per heavy atom. The maximum Gasteiger partial charge on any atom is 0.0704 e. The van der Waals surface area contributed by atoms with Gasteiger partial charge in [-0.05, 0) is 96.6 Å². The summed E-state index contributed by atoms with van der Waals surface area (Å²) >= 11 is 0. The second-order valence-electron chi connectivity index (χ2n) is 14.6. The van der Waals surface area contributed by atoms with E-state index in [4.69, 9.17) is 0 Å². The first-order chi connectivity index (χ1) is 26.2. The third kappa shape index (κ3) is 5.87. The van der Waals surface area contributed by atoms with Crippen LogP contribution < -0.4 is 31.5 Å². The van der Waals surface area contributed by atoms with E-state index in [0.717, 1.165) is 17.8 Å². The molecule has 1 aliphatic heterocycles. The lowest BCUT2D eigenvalue weighted by atomic mass is 9.69. The zero-order chi connectivity index (χ0) is 35.1. The minimum Gasteiger partial charge on any atom is -0.377 e. The summed E-state index contributed by atoms with van der Waals surface area (Å²) in [6, 6.07) is 55.1. The zero-order valence-electron chi connectivity index (χ0n) is 29.5. The fraction of sp³-hybridized carbons (Fsp3) is 0.0980. The van der Waals surface area contributed by atoms with Gasteiger partial charge in [0.25, 0.3) is 0 Å². The zero-order valence-corrected chi connectivity index (χ0v) is 29.5. The van der Waals surface area contributed by atoms with E-state index >= 15 is 0 Å². The van der Waals surface area contributed by atoms with Gasteiger partial charge in [0.2, 0.25) is 0 Å². The summed E-state index contributed by atoms with van der Waals surface area (Å²) in [5.74, 6) is 0.729. The molecule has 2 nitrogen and oxygen atoms in total. The van der Waals surface area contributed by atoms with Gasteiger partial charge in [0.1, 0.15) is 0 Å². The maximum absolute atomic E-state index is 3.94. The molecule has 0 radical (unpaired) electrons. The standard InChI is InChI=1S/C51H40N2/c1-2-12-34(13-3-1)41-32-49(53-50(33-41)40-23-22-35-14-4-5-16-38(35)30-40)37-24-27-42(28-25-37)52-48-21-11-10-20-45(48)47-31-39-17-7-8-18-43(39)46-29-26-36-15-6-9-19-44(36)51(46)47/h1-22,24-33,40,47,49,51-53H,23H2. The van der Waals surface area contributed by atoms with Crippen molar-refractivity contribution in [2.75, 3.05) is 5.32 Å². The molecule has 10 rings (SSSR count). The van der Waals surface area contributed by atoms with Crippen molar-refractivity contribution >= 4 is 46.8 Å². The number of allylic oxidation sites excluding steroid dienone is 4. The molecule has 6 aromatic carbocycles. The highest BCUT2D eigenvalue weighted by Gasteiger charge is 2.33. The predicted molar refractivity (Wildman–Crippen MR) is 222 cm³/mol. The van der Waals surface area contributed by atoms with Crippen LogP contribution in [-0.2, 0) is 0 Å². The van der Waals surface area contributed by atoms with E-state index < -0.39 is 0 Å². The Morgan fingerprint density at radius 1 is 0.566 bits per heavy atom. The van der Waals surface area contributed by atoms with Gasteiger partial charge in [-0.3, -0.25) is 0 Å². The maximum atomic E-state index is 3.94. The molecular formula is C51H40N2. The quantitative estimate of drug-likeness (QED) is 0.184. The lowest BCUT2D eigenvalue weighted by Gasteiger charge is -2.34. The summed E-state index contributed by atoms with van der Waals surface area (Å²) in [6.45, 7) is 0. The fourth-order valence-electron chi connectivity index (χ4n) is 8.80. The van der Waals surface area contributed by atoms with Crippen LogP contribution in [0.3, 0.4) is 0 Å².